The maximum atomic E-state index is 12.7. The zero-order valence-corrected chi connectivity index (χ0v) is 7.74. The van der Waals surface area contributed by atoms with Gasteiger partial charge in [-0.25, -0.2) is 4.39 Å². The zero-order chi connectivity index (χ0) is 10.7. The van der Waals surface area contributed by atoms with Gasteiger partial charge in [0.25, 0.3) is 5.69 Å². The van der Waals surface area contributed by atoms with Gasteiger partial charge in [0, 0.05) is 11.6 Å². The first-order chi connectivity index (χ1) is 6.56. The smallest absolute Gasteiger partial charge is 0.277 e. The highest BCUT2D eigenvalue weighted by Gasteiger charge is 2.18. The molecule has 1 aromatic rings. The van der Waals surface area contributed by atoms with E-state index in [4.69, 9.17) is 5.73 Å². The fourth-order valence-corrected chi connectivity index (χ4v) is 1.21. The standard InChI is InChI=1S/C9H11FN2O2/c1-2-8(11)7-4-3-6(10)5-9(7)12(13)14/h3-5,8H,2,11H2,1H3/t8-/m0/s1. The quantitative estimate of drug-likeness (QED) is 0.597. The Morgan fingerprint density at radius 3 is 2.79 bits per heavy atom. The molecule has 1 atom stereocenters. The van der Waals surface area contributed by atoms with E-state index in [2.05, 4.69) is 0 Å². The minimum absolute atomic E-state index is 0.251. The van der Waals surface area contributed by atoms with Gasteiger partial charge in [-0.15, -0.1) is 0 Å². The Morgan fingerprint density at radius 2 is 2.29 bits per heavy atom. The van der Waals surface area contributed by atoms with Crippen molar-refractivity contribution in [2.75, 3.05) is 0 Å². The maximum absolute atomic E-state index is 12.7. The van der Waals surface area contributed by atoms with Crippen molar-refractivity contribution in [1.29, 1.82) is 0 Å². The molecule has 0 saturated heterocycles. The summed E-state index contributed by atoms with van der Waals surface area (Å²) in [6.45, 7) is 1.82. The minimum atomic E-state index is -0.622. The third-order valence-electron chi connectivity index (χ3n) is 2.03. The van der Waals surface area contributed by atoms with Gasteiger partial charge >= 0.3 is 0 Å². The average molecular weight is 198 g/mol. The first kappa shape index (κ1) is 10.6. The fraction of sp³-hybridized carbons (Fsp3) is 0.333. The number of hydrogen-bond donors (Lipinski definition) is 1. The SMILES string of the molecule is CC[C@H](N)c1ccc(F)cc1[N+](=O)[O-]. The molecular formula is C9H11FN2O2. The van der Waals surface area contributed by atoms with Gasteiger partial charge in [-0.2, -0.15) is 0 Å². The Labute approximate surface area is 80.7 Å². The summed E-state index contributed by atoms with van der Waals surface area (Å²) in [4.78, 5) is 9.96. The summed E-state index contributed by atoms with van der Waals surface area (Å²) >= 11 is 0. The average Bonchev–Trinajstić information content (AvgIpc) is 2.16. The summed E-state index contributed by atoms with van der Waals surface area (Å²) < 4.78 is 12.7. The number of nitrogens with zero attached hydrogens (tertiary/aromatic N) is 1. The second-order valence-electron chi connectivity index (χ2n) is 2.97. The van der Waals surface area contributed by atoms with Crippen molar-refractivity contribution in [3.05, 3.63) is 39.7 Å². The largest absolute Gasteiger partial charge is 0.324 e. The van der Waals surface area contributed by atoms with E-state index in [1.807, 2.05) is 6.92 Å². The molecule has 0 spiro atoms. The van der Waals surface area contributed by atoms with Crippen molar-refractivity contribution in [1.82, 2.24) is 0 Å². The Kier molecular flexibility index (Phi) is 3.14. The molecular weight excluding hydrogens is 187 g/mol. The molecule has 0 aliphatic heterocycles. The molecule has 4 nitrogen and oxygen atoms in total. The van der Waals surface area contributed by atoms with Crippen molar-refractivity contribution in [3.8, 4) is 0 Å². The summed E-state index contributed by atoms with van der Waals surface area (Å²) in [5, 5.41) is 10.6. The number of hydrogen-bond acceptors (Lipinski definition) is 3. The summed E-state index contributed by atoms with van der Waals surface area (Å²) in [6, 6.07) is 3.01. The van der Waals surface area contributed by atoms with Crippen molar-refractivity contribution in [2.45, 2.75) is 19.4 Å². The second-order valence-corrected chi connectivity index (χ2v) is 2.97. The van der Waals surface area contributed by atoms with E-state index in [1.165, 1.54) is 12.1 Å². The Bertz CT molecular complexity index is 355. The molecule has 14 heavy (non-hydrogen) atoms. The summed E-state index contributed by atoms with van der Waals surface area (Å²) in [5.74, 6) is -0.622. The number of nitro groups is 1. The van der Waals surface area contributed by atoms with Crippen LogP contribution in [0.4, 0.5) is 10.1 Å². The van der Waals surface area contributed by atoms with Crippen molar-refractivity contribution >= 4 is 5.69 Å². The monoisotopic (exact) mass is 198 g/mol. The van der Waals surface area contributed by atoms with Gasteiger partial charge in [0.15, 0.2) is 0 Å². The highest BCUT2D eigenvalue weighted by atomic mass is 19.1. The van der Waals surface area contributed by atoms with Crippen LogP contribution in [0.15, 0.2) is 18.2 Å². The third kappa shape index (κ3) is 2.05. The highest BCUT2D eigenvalue weighted by molar-refractivity contribution is 5.42. The van der Waals surface area contributed by atoms with Gasteiger partial charge < -0.3 is 5.73 Å². The van der Waals surface area contributed by atoms with Crippen LogP contribution in [0.25, 0.3) is 0 Å². The molecule has 0 aliphatic carbocycles. The van der Waals surface area contributed by atoms with E-state index < -0.39 is 16.8 Å². The lowest BCUT2D eigenvalue weighted by Crippen LogP contribution is -2.11. The number of benzene rings is 1. The molecule has 1 aromatic carbocycles. The molecule has 0 heterocycles. The fourth-order valence-electron chi connectivity index (χ4n) is 1.21. The number of nitrogens with two attached hydrogens (primary N) is 1. The molecule has 0 fully saturated rings. The predicted octanol–water partition coefficient (Wildman–Crippen LogP) is 2.14. The van der Waals surface area contributed by atoms with Crippen LogP contribution in [-0.4, -0.2) is 4.92 Å². The minimum Gasteiger partial charge on any atom is -0.324 e. The number of nitro benzene ring substituents is 1. The van der Waals surface area contributed by atoms with E-state index in [0.29, 0.717) is 12.0 Å². The van der Waals surface area contributed by atoms with Gasteiger partial charge in [-0.05, 0) is 18.6 Å². The molecule has 0 aliphatic rings. The van der Waals surface area contributed by atoms with Crippen molar-refractivity contribution in [3.63, 3.8) is 0 Å². The van der Waals surface area contributed by atoms with Crippen LogP contribution in [0.1, 0.15) is 24.9 Å². The molecule has 5 heteroatoms. The van der Waals surface area contributed by atoms with Gasteiger partial charge in [0.05, 0.1) is 11.0 Å². The lowest BCUT2D eigenvalue weighted by molar-refractivity contribution is -0.385. The molecule has 76 valence electrons. The van der Waals surface area contributed by atoms with Crippen LogP contribution in [0, 0.1) is 15.9 Å². The van der Waals surface area contributed by atoms with Crippen LogP contribution < -0.4 is 5.73 Å². The molecule has 0 amide bonds. The normalized spacial score (nSPS) is 12.5. The molecule has 0 aromatic heterocycles. The number of halogens is 1. The molecule has 2 N–H and O–H groups in total. The van der Waals surface area contributed by atoms with E-state index in [0.717, 1.165) is 6.07 Å². The second kappa shape index (κ2) is 4.15. The molecule has 0 bridgehead atoms. The summed E-state index contributed by atoms with van der Waals surface area (Å²) in [6.07, 6.45) is 0.576. The van der Waals surface area contributed by atoms with Gasteiger partial charge in [-0.1, -0.05) is 6.92 Å². The Balaban J connectivity index is 3.21. The summed E-state index contributed by atoms with van der Waals surface area (Å²) in [5.41, 5.74) is 5.78. The lowest BCUT2D eigenvalue weighted by atomic mass is 10.0. The van der Waals surface area contributed by atoms with Gasteiger partial charge in [-0.3, -0.25) is 10.1 Å². The topological polar surface area (TPSA) is 69.2 Å². The van der Waals surface area contributed by atoms with Crippen molar-refractivity contribution in [2.24, 2.45) is 5.73 Å². The van der Waals surface area contributed by atoms with Gasteiger partial charge in [0.2, 0.25) is 0 Å². The first-order valence-corrected chi connectivity index (χ1v) is 4.25. The molecule has 0 radical (unpaired) electrons. The van der Waals surface area contributed by atoms with Crippen LogP contribution >= 0.6 is 0 Å². The first-order valence-electron chi connectivity index (χ1n) is 4.25. The number of rotatable bonds is 3. The van der Waals surface area contributed by atoms with Crippen molar-refractivity contribution < 1.29 is 9.31 Å². The lowest BCUT2D eigenvalue weighted by Gasteiger charge is -2.08. The third-order valence-corrected chi connectivity index (χ3v) is 2.03. The van der Waals surface area contributed by atoms with Crippen LogP contribution in [0.2, 0.25) is 0 Å². The molecule has 0 unspecified atom stereocenters. The van der Waals surface area contributed by atoms with E-state index >= 15 is 0 Å². The van der Waals surface area contributed by atoms with E-state index in [-0.39, 0.29) is 5.69 Å². The highest BCUT2D eigenvalue weighted by Crippen LogP contribution is 2.26. The summed E-state index contributed by atoms with van der Waals surface area (Å²) in [7, 11) is 0. The zero-order valence-electron chi connectivity index (χ0n) is 7.74. The Hall–Kier alpha value is -1.49. The molecule has 1 rings (SSSR count). The molecule has 0 saturated carbocycles. The van der Waals surface area contributed by atoms with E-state index in [1.54, 1.807) is 0 Å². The van der Waals surface area contributed by atoms with Gasteiger partial charge in [0.1, 0.15) is 5.82 Å². The predicted molar refractivity (Wildman–Crippen MR) is 50.3 cm³/mol. The maximum Gasteiger partial charge on any atom is 0.277 e. The van der Waals surface area contributed by atoms with Crippen LogP contribution in [-0.2, 0) is 0 Å². The Morgan fingerprint density at radius 1 is 1.64 bits per heavy atom. The van der Waals surface area contributed by atoms with E-state index in [9.17, 15) is 14.5 Å². The van der Waals surface area contributed by atoms with Crippen LogP contribution in [0.3, 0.4) is 0 Å². The van der Waals surface area contributed by atoms with Crippen LogP contribution in [0.5, 0.6) is 0 Å².